The lowest BCUT2D eigenvalue weighted by Crippen LogP contribution is -2.36. The quantitative estimate of drug-likeness (QED) is 0.472. The smallest absolute Gasteiger partial charge is 0.126 e. The predicted octanol–water partition coefficient (Wildman–Crippen LogP) is 1.32. The first kappa shape index (κ1) is 5.73. The van der Waals surface area contributed by atoms with E-state index in [4.69, 9.17) is 0 Å². The number of carbonyl (C=O) groups is 1. The van der Waals surface area contributed by atoms with Gasteiger partial charge in [-0.3, -0.25) is 0 Å². The third kappa shape index (κ3) is 0.746. The van der Waals surface area contributed by atoms with Gasteiger partial charge in [-0.05, 0) is 12.8 Å². The Hall–Kier alpha value is -0.400. The summed E-state index contributed by atoms with van der Waals surface area (Å²) in [5, 5.41) is 0. The van der Waals surface area contributed by atoms with Gasteiger partial charge in [-0.15, -0.1) is 0 Å². The molecular weight excluding hydrogens is 107 g/mol. The standard InChI is InChI=1S/C6H9FO/c1-6(4-8)2-5(7)3-6/h4-5H,2-3H2,1H3. The first-order valence-electron chi connectivity index (χ1n) is 2.77. The van der Waals surface area contributed by atoms with Crippen molar-refractivity contribution in [3.63, 3.8) is 0 Å². The summed E-state index contributed by atoms with van der Waals surface area (Å²) in [4.78, 5) is 10.1. The van der Waals surface area contributed by atoms with E-state index in [2.05, 4.69) is 0 Å². The number of halogens is 1. The molecule has 1 saturated carbocycles. The molecule has 2 heteroatoms. The maximum atomic E-state index is 12.0. The summed E-state index contributed by atoms with van der Waals surface area (Å²) in [6.07, 6.45) is 0.987. The molecule has 0 aromatic heterocycles. The maximum Gasteiger partial charge on any atom is 0.126 e. The highest BCUT2D eigenvalue weighted by molar-refractivity contribution is 5.60. The molecule has 0 amide bonds. The number of alkyl halides is 1. The van der Waals surface area contributed by atoms with Crippen LogP contribution in [0.15, 0.2) is 0 Å². The molecule has 0 radical (unpaired) electrons. The maximum absolute atomic E-state index is 12.0. The number of hydrogen-bond acceptors (Lipinski definition) is 1. The van der Waals surface area contributed by atoms with Gasteiger partial charge >= 0.3 is 0 Å². The lowest BCUT2D eigenvalue weighted by Gasteiger charge is -2.35. The van der Waals surface area contributed by atoms with E-state index in [1.54, 1.807) is 6.92 Å². The van der Waals surface area contributed by atoms with E-state index in [-0.39, 0.29) is 5.41 Å². The molecule has 0 heterocycles. The van der Waals surface area contributed by atoms with Crippen molar-refractivity contribution >= 4 is 6.29 Å². The Morgan fingerprint density at radius 3 is 2.38 bits per heavy atom. The van der Waals surface area contributed by atoms with Crippen molar-refractivity contribution in [2.75, 3.05) is 0 Å². The average molecular weight is 116 g/mol. The Balaban J connectivity index is 2.40. The van der Waals surface area contributed by atoms with Gasteiger partial charge in [0.25, 0.3) is 0 Å². The molecule has 0 aromatic carbocycles. The van der Waals surface area contributed by atoms with Gasteiger partial charge in [0.05, 0.1) is 0 Å². The molecule has 1 aliphatic carbocycles. The molecule has 0 atom stereocenters. The fraction of sp³-hybridized carbons (Fsp3) is 0.833. The molecule has 1 fully saturated rings. The van der Waals surface area contributed by atoms with Crippen molar-refractivity contribution < 1.29 is 9.18 Å². The Labute approximate surface area is 47.9 Å². The molecule has 1 nitrogen and oxygen atoms in total. The molecule has 1 rings (SSSR count). The van der Waals surface area contributed by atoms with E-state index in [1.807, 2.05) is 0 Å². The lowest BCUT2D eigenvalue weighted by atomic mass is 9.70. The van der Waals surface area contributed by atoms with Gasteiger partial charge in [0, 0.05) is 5.41 Å². The number of rotatable bonds is 1. The number of aldehydes is 1. The summed E-state index contributed by atoms with van der Waals surface area (Å²) in [7, 11) is 0. The zero-order chi connectivity index (χ0) is 6.20. The first-order chi connectivity index (χ1) is 3.66. The normalized spacial score (nSPS) is 45.5. The highest BCUT2D eigenvalue weighted by atomic mass is 19.1. The SMILES string of the molecule is CC1(C=O)CC(F)C1. The molecule has 0 spiro atoms. The van der Waals surface area contributed by atoms with Crippen LogP contribution in [0.5, 0.6) is 0 Å². The molecule has 8 heavy (non-hydrogen) atoms. The molecule has 0 bridgehead atoms. The summed E-state index contributed by atoms with van der Waals surface area (Å²) in [5.74, 6) is 0. The van der Waals surface area contributed by atoms with Crippen molar-refractivity contribution in [2.45, 2.75) is 25.9 Å². The van der Waals surface area contributed by atoms with Crippen molar-refractivity contribution in [1.29, 1.82) is 0 Å². The zero-order valence-corrected chi connectivity index (χ0v) is 4.86. The summed E-state index contributed by atoms with van der Waals surface area (Å²) in [6, 6.07) is 0. The molecule has 0 aromatic rings. The molecule has 0 N–H and O–H groups in total. The van der Waals surface area contributed by atoms with E-state index in [0.29, 0.717) is 12.8 Å². The van der Waals surface area contributed by atoms with Gasteiger partial charge < -0.3 is 4.79 Å². The third-order valence-electron chi connectivity index (χ3n) is 1.66. The Kier molecular flexibility index (Phi) is 1.10. The average Bonchev–Trinajstić information content (AvgIpc) is 1.63. The van der Waals surface area contributed by atoms with Gasteiger partial charge in [0.2, 0.25) is 0 Å². The Bertz CT molecular complexity index is 105. The van der Waals surface area contributed by atoms with Gasteiger partial charge in [0.1, 0.15) is 12.5 Å². The van der Waals surface area contributed by atoms with Gasteiger partial charge in [-0.2, -0.15) is 0 Å². The van der Waals surface area contributed by atoms with Gasteiger partial charge in [-0.1, -0.05) is 6.92 Å². The zero-order valence-electron chi connectivity index (χ0n) is 4.86. The molecule has 0 saturated heterocycles. The van der Waals surface area contributed by atoms with Crippen LogP contribution in [-0.4, -0.2) is 12.5 Å². The van der Waals surface area contributed by atoms with Crippen LogP contribution in [0, 0.1) is 5.41 Å². The fourth-order valence-electron chi connectivity index (χ4n) is 1.05. The van der Waals surface area contributed by atoms with Crippen molar-refractivity contribution in [2.24, 2.45) is 5.41 Å². The van der Waals surface area contributed by atoms with E-state index < -0.39 is 6.17 Å². The molecule has 1 aliphatic rings. The van der Waals surface area contributed by atoms with E-state index in [9.17, 15) is 9.18 Å². The van der Waals surface area contributed by atoms with Crippen LogP contribution in [0.1, 0.15) is 19.8 Å². The molecule has 46 valence electrons. The van der Waals surface area contributed by atoms with Crippen LogP contribution < -0.4 is 0 Å². The van der Waals surface area contributed by atoms with Crippen LogP contribution in [0.3, 0.4) is 0 Å². The van der Waals surface area contributed by atoms with E-state index in [0.717, 1.165) is 6.29 Å². The van der Waals surface area contributed by atoms with Crippen LogP contribution >= 0.6 is 0 Å². The summed E-state index contributed by atoms with van der Waals surface area (Å²) < 4.78 is 12.0. The summed E-state index contributed by atoms with van der Waals surface area (Å²) in [6.45, 7) is 1.79. The van der Waals surface area contributed by atoms with Gasteiger partial charge in [0.15, 0.2) is 0 Å². The second-order valence-corrected chi connectivity index (χ2v) is 2.78. The first-order valence-corrected chi connectivity index (χ1v) is 2.77. The highest BCUT2D eigenvalue weighted by Gasteiger charge is 2.40. The summed E-state index contributed by atoms with van der Waals surface area (Å²) >= 11 is 0. The Morgan fingerprint density at radius 1 is 1.75 bits per heavy atom. The van der Waals surface area contributed by atoms with Crippen molar-refractivity contribution in [1.82, 2.24) is 0 Å². The highest BCUT2D eigenvalue weighted by Crippen LogP contribution is 2.40. The van der Waals surface area contributed by atoms with Crippen LogP contribution in [0.25, 0.3) is 0 Å². The molecule has 0 unspecified atom stereocenters. The second kappa shape index (κ2) is 1.54. The number of carbonyl (C=O) groups excluding carboxylic acids is 1. The fourth-order valence-corrected chi connectivity index (χ4v) is 1.05. The minimum atomic E-state index is -0.717. The van der Waals surface area contributed by atoms with E-state index >= 15 is 0 Å². The second-order valence-electron chi connectivity index (χ2n) is 2.78. The third-order valence-corrected chi connectivity index (χ3v) is 1.66. The monoisotopic (exact) mass is 116 g/mol. The lowest BCUT2D eigenvalue weighted by molar-refractivity contribution is -0.122. The predicted molar refractivity (Wildman–Crippen MR) is 28.3 cm³/mol. The minimum absolute atomic E-state index is 0.320. The molecule has 0 aliphatic heterocycles. The summed E-state index contributed by atoms with van der Waals surface area (Å²) in [5.41, 5.74) is -0.320. The topological polar surface area (TPSA) is 17.1 Å². The van der Waals surface area contributed by atoms with Crippen molar-refractivity contribution in [3.8, 4) is 0 Å². The van der Waals surface area contributed by atoms with Crippen LogP contribution in [0.2, 0.25) is 0 Å². The molecular formula is C6H9FO. The van der Waals surface area contributed by atoms with Crippen molar-refractivity contribution in [3.05, 3.63) is 0 Å². The Morgan fingerprint density at radius 2 is 2.25 bits per heavy atom. The number of hydrogen-bond donors (Lipinski definition) is 0. The van der Waals surface area contributed by atoms with Gasteiger partial charge in [-0.25, -0.2) is 4.39 Å². The minimum Gasteiger partial charge on any atom is -0.303 e. The largest absolute Gasteiger partial charge is 0.303 e. The van der Waals surface area contributed by atoms with Crippen LogP contribution in [0.4, 0.5) is 4.39 Å². The van der Waals surface area contributed by atoms with Crippen LogP contribution in [-0.2, 0) is 4.79 Å². The van der Waals surface area contributed by atoms with E-state index in [1.165, 1.54) is 0 Å².